The number of carbonyl (C=O) groups excluding carboxylic acids is 1. The minimum atomic E-state index is -0.940. The summed E-state index contributed by atoms with van der Waals surface area (Å²) in [5, 5.41) is 11.0. The molecule has 20 heavy (non-hydrogen) atoms. The van der Waals surface area contributed by atoms with Crippen LogP contribution in [-0.2, 0) is 9.53 Å². The topological polar surface area (TPSA) is 84.9 Å². The average Bonchev–Trinajstić information content (AvgIpc) is 2.44. The van der Waals surface area contributed by atoms with Gasteiger partial charge in [0, 0.05) is 32.2 Å². The van der Waals surface area contributed by atoms with Gasteiger partial charge in [-0.3, -0.25) is 9.59 Å². The van der Waals surface area contributed by atoms with Gasteiger partial charge >= 0.3 is 5.97 Å². The molecule has 1 aromatic carbocycles. The number of carboxylic acid groups (broad SMARTS) is 1. The van der Waals surface area contributed by atoms with Crippen LogP contribution in [-0.4, -0.2) is 43.9 Å². The number of amides is 1. The smallest absolute Gasteiger partial charge is 0.305 e. The third kappa shape index (κ3) is 6.19. The molecule has 6 heteroatoms. The van der Waals surface area contributed by atoms with Crippen LogP contribution in [0.15, 0.2) is 24.3 Å². The van der Waals surface area contributed by atoms with Crippen LogP contribution in [0.4, 0.5) is 0 Å². The third-order valence-electron chi connectivity index (χ3n) is 2.50. The van der Waals surface area contributed by atoms with Gasteiger partial charge in [0.15, 0.2) is 0 Å². The van der Waals surface area contributed by atoms with Crippen LogP contribution in [0.2, 0.25) is 0 Å². The van der Waals surface area contributed by atoms with Gasteiger partial charge in [0.05, 0.1) is 13.0 Å². The molecule has 0 aliphatic carbocycles. The van der Waals surface area contributed by atoms with Gasteiger partial charge in [-0.2, -0.15) is 0 Å². The largest absolute Gasteiger partial charge is 0.494 e. The van der Waals surface area contributed by atoms with Gasteiger partial charge in [-0.15, -0.1) is 0 Å². The van der Waals surface area contributed by atoms with Gasteiger partial charge in [0.2, 0.25) is 0 Å². The second kappa shape index (κ2) is 8.92. The second-order valence-corrected chi connectivity index (χ2v) is 4.12. The van der Waals surface area contributed by atoms with Crippen molar-refractivity contribution in [3.63, 3.8) is 0 Å². The second-order valence-electron chi connectivity index (χ2n) is 4.12. The minimum absolute atomic E-state index is 0.0908. The normalized spacial score (nSPS) is 10.1. The summed E-state index contributed by atoms with van der Waals surface area (Å²) in [4.78, 5) is 22.0. The monoisotopic (exact) mass is 281 g/mol. The Hall–Kier alpha value is -2.08. The van der Waals surface area contributed by atoms with Crippen LogP contribution in [0.5, 0.6) is 5.75 Å². The van der Waals surface area contributed by atoms with Crippen molar-refractivity contribution in [1.29, 1.82) is 0 Å². The maximum atomic E-state index is 11.7. The molecule has 0 aliphatic heterocycles. The molecule has 6 nitrogen and oxygen atoms in total. The molecule has 1 aromatic rings. The van der Waals surface area contributed by atoms with Crippen LogP contribution in [0.1, 0.15) is 23.2 Å². The highest BCUT2D eigenvalue weighted by Crippen LogP contribution is 2.12. The van der Waals surface area contributed by atoms with E-state index in [1.54, 1.807) is 31.4 Å². The molecule has 110 valence electrons. The van der Waals surface area contributed by atoms with Crippen molar-refractivity contribution in [2.24, 2.45) is 0 Å². The standard InChI is InChI=1S/C14H19NO5/c1-19-9-2-10-20-12-5-3-11(4-6-12)14(18)15-8-7-13(16)17/h3-6H,2,7-10H2,1H3,(H,15,18)(H,16,17). The lowest BCUT2D eigenvalue weighted by Crippen LogP contribution is -2.25. The Bertz CT molecular complexity index is 430. The molecule has 0 bridgehead atoms. The van der Waals surface area contributed by atoms with Crippen LogP contribution < -0.4 is 10.1 Å². The van der Waals surface area contributed by atoms with Crippen LogP contribution in [0.25, 0.3) is 0 Å². The van der Waals surface area contributed by atoms with Crippen molar-refractivity contribution in [3.8, 4) is 5.75 Å². The molecule has 1 amide bonds. The highest BCUT2D eigenvalue weighted by Gasteiger charge is 2.06. The number of carbonyl (C=O) groups is 2. The Kier molecular flexibility index (Phi) is 7.13. The van der Waals surface area contributed by atoms with E-state index >= 15 is 0 Å². The quantitative estimate of drug-likeness (QED) is 0.667. The first kappa shape index (κ1) is 16.0. The third-order valence-corrected chi connectivity index (χ3v) is 2.50. The molecular weight excluding hydrogens is 262 g/mol. The van der Waals surface area contributed by atoms with Crippen LogP contribution in [0.3, 0.4) is 0 Å². The minimum Gasteiger partial charge on any atom is -0.494 e. The van der Waals surface area contributed by atoms with E-state index in [9.17, 15) is 9.59 Å². The number of ether oxygens (including phenoxy) is 2. The number of hydrogen-bond acceptors (Lipinski definition) is 4. The SMILES string of the molecule is COCCCOc1ccc(C(=O)NCCC(=O)O)cc1. The Balaban J connectivity index is 2.37. The lowest BCUT2D eigenvalue weighted by molar-refractivity contribution is -0.136. The number of rotatable bonds is 9. The zero-order chi connectivity index (χ0) is 14.8. The highest BCUT2D eigenvalue weighted by molar-refractivity contribution is 5.94. The van der Waals surface area contributed by atoms with Crippen molar-refractivity contribution in [1.82, 2.24) is 5.32 Å². The summed E-state index contributed by atoms with van der Waals surface area (Å²) in [5.41, 5.74) is 0.472. The molecule has 0 radical (unpaired) electrons. The maximum absolute atomic E-state index is 11.7. The fourth-order valence-corrected chi connectivity index (χ4v) is 1.48. The molecule has 0 spiro atoms. The number of methoxy groups -OCH3 is 1. The molecule has 0 aromatic heterocycles. The van der Waals surface area contributed by atoms with E-state index in [0.717, 1.165) is 6.42 Å². The highest BCUT2D eigenvalue weighted by atomic mass is 16.5. The number of hydrogen-bond donors (Lipinski definition) is 2. The van der Waals surface area contributed by atoms with Crippen LogP contribution >= 0.6 is 0 Å². The molecule has 0 saturated carbocycles. The zero-order valence-electron chi connectivity index (χ0n) is 11.4. The summed E-state index contributed by atoms with van der Waals surface area (Å²) in [5.74, 6) is -0.550. The van der Waals surface area contributed by atoms with Crippen LogP contribution in [0, 0.1) is 0 Å². The van der Waals surface area contributed by atoms with Crippen molar-refractivity contribution >= 4 is 11.9 Å². The summed E-state index contributed by atoms with van der Waals surface area (Å²) >= 11 is 0. The number of aliphatic carboxylic acids is 1. The summed E-state index contributed by atoms with van der Waals surface area (Å²) in [6.07, 6.45) is 0.709. The summed E-state index contributed by atoms with van der Waals surface area (Å²) < 4.78 is 10.4. The van der Waals surface area contributed by atoms with Crippen molar-refractivity contribution in [2.75, 3.05) is 26.9 Å². The van der Waals surface area contributed by atoms with Crippen molar-refractivity contribution in [3.05, 3.63) is 29.8 Å². The number of benzene rings is 1. The predicted octanol–water partition coefficient (Wildman–Crippen LogP) is 1.31. The Morgan fingerprint density at radius 1 is 1.20 bits per heavy atom. The van der Waals surface area contributed by atoms with Gasteiger partial charge < -0.3 is 19.9 Å². The zero-order valence-corrected chi connectivity index (χ0v) is 11.4. The molecule has 0 unspecified atom stereocenters. The van der Waals surface area contributed by atoms with E-state index in [1.807, 2.05) is 0 Å². The molecule has 0 atom stereocenters. The molecule has 1 rings (SSSR count). The maximum Gasteiger partial charge on any atom is 0.305 e. The van der Waals surface area contributed by atoms with Gasteiger partial charge in [-0.05, 0) is 24.3 Å². The van der Waals surface area contributed by atoms with Gasteiger partial charge in [0.1, 0.15) is 5.75 Å². The molecule has 0 heterocycles. The Labute approximate surface area is 117 Å². The first-order valence-electron chi connectivity index (χ1n) is 6.35. The van der Waals surface area contributed by atoms with Crippen molar-refractivity contribution < 1.29 is 24.2 Å². The number of carboxylic acids is 1. The Morgan fingerprint density at radius 2 is 1.90 bits per heavy atom. The van der Waals surface area contributed by atoms with Crippen molar-refractivity contribution in [2.45, 2.75) is 12.8 Å². The Morgan fingerprint density at radius 3 is 2.50 bits per heavy atom. The molecule has 0 aliphatic rings. The fourth-order valence-electron chi connectivity index (χ4n) is 1.48. The van der Waals surface area contributed by atoms with E-state index in [0.29, 0.717) is 24.5 Å². The number of nitrogens with one attached hydrogen (secondary N) is 1. The van der Waals surface area contributed by atoms with E-state index in [2.05, 4.69) is 5.32 Å². The molecular formula is C14H19NO5. The lowest BCUT2D eigenvalue weighted by Gasteiger charge is -2.07. The predicted molar refractivity (Wildman–Crippen MR) is 73.0 cm³/mol. The van der Waals surface area contributed by atoms with Gasteiger partial charge in [-0.25, -0.2) is 0 Å². The fraction of sp³-hybridized carbons (Fsp3) is 0.429. The first-order valence-corrected chi connectivity index (χ1v) is 6.35. The average molecular weight is 281 g/mol. The van der Waals surface area contributed by atoms with E-state index in [4.69, 9.17) is 14.6 Å². The van der Waals surface area contributed by atoms with E-state index < -0.39 is 5.97 Å². The molecule has 2 N–H and O–H groups in total. The summed E-state index contributed by atoms with van der Waals surface area (Å²) in [6.45, 7) is 1.31. The van der Waals surface area contributed by atoms with E-state index in [1.165, 1.54) is 0 Å². The van der Waals surface area contributed by atoms with E-state index in [-0.39, 0.29) is 18.9 Å². The summed E-state index contributed by atoms with van der Waals surface area (Å²) in [7, 11) is 1.64. The molecule has 0 saturated heterocycles. The van der Waals surface area contributed by atoms with Gasteiger partial charge in [0.25, 0.3) is 5.91 Å². The van der Waals surface area contributed by atoms with Gasteiger partial charge in [-0.1, -0.05) is 0 Å². The lowest BCUT2D eigenvalue weighted by atomic mass is 10.2. The first-order chi connectivity index (χ1) is 9.63. The molecule has 0 fully saturated rings. The summed E-state index contributed by atoms with van der Waals surface area (Å²) in [6, 6.07) is 6.70.